The van der Waals surface area contributed by atoms with Crippen LogP contribution in [0, 0.1) is 11.7 Å². The van der Waals surface area contributed by atoms with Crippen molar-refractivity contribution >= 4 is 12.0 Å². The summed E-state index contributed by atoms with van der Waals surface area (Å²) in [6.07, 6.45) is -5.40. The number of benzene rings is 1. The Bertz CT molecular complexity index is 652. The van der Waals surface area contributed by atoms with Gasteiger partial charge in [-0.05, 0) is 13.0 Å². The Balaban J connectivity index is 2.60. The molecule has 0 unspecified atom stereocenters. The summed E-state index contributed by atoms with van der Waals surface area (Å²) in [7, 11) is 0. The number of ether oxygens (including phenoxy) is 1. The highest BCUT2D eigenvalue weighted by Crippen LogP contribution is 2.43. The lowest BCUT2D eigenvalue weighted by Gasteiger charge is -2.44. The van der Waals surface area contributed by atoms with Gasteiger partial charge in [-0.25, -0.2) is 9.18 Å². The van der Waals surface area contributed by atoms with Gasteiger partial charge < -0.3 is 20.5 Å². The molecule has 3 N–H and O–H groups in total. The van der Waals surface area contributed by atoms with Crippen molar-refractivity contribution in [2.45, 2.75) is 24.9 Å². The summed E-state index contributed by atoms with van der Waals surface area (Å²) in [6.45, 7) is 1.10. The van der Waals surface area contributed by atoms with E-state index in [0.29, 0.717) is 0 Å². The molecule has 3 atom stereocenters. The summed E-state index contributed by atoms with van der Waals surface area (Å²) in [4.78, 5) is 23.7. The van der Waals surface area contributed by atoms with E-state index < -0.39 is 41.7 Å². The van der Waals surface area contributed by atoms with Crippen LogP contribution in [0.4, 0.5) is 22.4 Å². The minimum atomic E-state index is -5.40. The van der Waals surface area contributed by atoms with Gasteiger partial charge in [-0.2, -0.15) is 13.2 Å². The first-order valence-electron chi connectivity index (χ1n) is 6.90. The topological polar surface area (TPSA) is 87.7 Å². The molecule has 0 aliphatic carbocycles. The predicted octanol–water partition coefficient (Wildman–Crippen LogP) is 1.61. The predicted molar refractivity (Wildman–Crippen MR) is 71.9 cm³/mol. The number of halogens is 4. The van der Waals surface area contributed by atoms with Crippen LogP contribution in [0.2, 0.25) is 0 Å². The highest BCUT2D eigenvalue weighted by molar-refractivity contribution is 5.83. The molecule has 6 nitrogen and oxygen atoms in total. The van der Waals surface area contributed by atoms with Crippen molar-refractivity contribution in [3.05, 3.63) is 35.6 Å². The number of nitrogens with one attached hydrogen (secondary N) is 2. The Morgan fingerprint density at radius 2 is 2.00 bits per heavy atom. The summed E-state index contributed by atoms with van der Waals surface area (Å²) >= 11 is 0. The van der Waals surface area contributed by atoms with Gasteiger partial charge in [-0.15, -0.1) is 0 Å². The summed E-state index contributed by atoms with van der Waals surface area (Å²) < 4.78 is 58.6. The van der Waals surface area contributed by atoms with Crippen LogP contribution in [-0.2, 0) is 9.53 Å². The molecule has 1 fully saturated rings. The van der Waals surface area contributed by atoms with E-state index in [1.807, 2.05) is 5.32 Å². The molecule has 1 saturated heterocycles. The number of alkyl halides is 3. The van der Waals surface area contributed by atoms with E-state index in [1.54, 1.807) is 0 Å². The molecule has 1 aromatic rings. The zero-order chi connectivity index (χ0) is 18.1. The Labute approximate surface area is 133 Å². The maximum absolute atomic E-state index is 14.0. The van der Waals surface area contributed by atoms with Crippen LogP contribution >= 0.6 is 0 Å². The molecule has 1 aliphatic heterocycles. The van der Waals surface area contributed by atoms with E-state index in [1.165, 1.54) is 24.4 Å². The molecular weight excluding hydrogens is 336 g/mol. The van der Waals surface area contributed by atoms with Gasteiger partial charge in [0.15, 0.2) is 0 Å². The number of hydrogen-bond acceptors (Lipinski definition) is 4. The second-order valence-corrected chi connectivity index (χ2v) is 5.09. The molecule has 0 spiro atoms. The molecule has 1 heterocycles. The third-order valence-corrected chi connectivity index (χ3v) is 3.59. The Morgan fingerprint density at radius 3 is 2.54 bits per heavy atom. The lowest BCUT2D eigenvalue weighted by atomic mass is 9.82. The van der Waals surface area contributed by atoms with Crippen LogP contribution in [-0.4, -0.2) is 35.6 Å². The summed E-state index contributed by atoms with van der Waals surface area (Å²) in [5.74, 6) is -4.71. The van der Waals surface area contributed by atoms with Gasteiger partial charge in [-0.3, -0.25) is 4.79 Å². The third kappa shape index (κ3) is 3.01. The van der Waals surface area contributed by atoms with Crippen LogP contribution in [0.5, 0.6) is 0 Å². The maximum Gasteiger partial charge on any atom is 0.437 e. The highest BCUT2D eigenvalue weighted by atomic mass is 19.4. The first-order valence-corrected chi connectivity index (χ1v) is 6.90. The van der Waals surface area contributed by atoms with Crippen molar-refractivity contribution in [2.24, 2.45) is 5.92 Å². The van der Waals surface area contributed by atoms with Gasteiger partial charge in [0, 0.05) is 5.56 Å². The monoisotopic (exact) mass is 350 g/mol. The van der Waals surface area contributed by atoms with Gasteiger partial charge >= 0.3 is 18.2 Å². The smallest absolute Gasteiger partial charge is 0.437 e. The van der Waals surface area contributed by atoms with Crippen LogP contribution in [0.15, 0.2) is 24.3 Å². The van der Waals surface area contributed by atoms with Crippen molar-refractivity contribution in [1.29, 1.82) is 0 Å². The zero-order valence-corrected chi connectivity index (χ0v) is 12.4. The van der Waals surface area contributed by atoms with Crippen LogP contribution < -0.4 is 10.6 Å². The Morgan fingerprint density at radius 1 is 1.38 bits per heavy atom. The van der Waals surface area contributed by atoms with E-state index in [0.717, 1.165) is 12.1 Å². The van der Waals surface area contributed by atoms with Crippen molar-refractivity contribution < 1.29 is 37.0 Å². The first-order chi connectivity index (χ1) is 11.1. The molecule has 0 saturated carbocycles. The minimum Gasteiger partial charge on any atom is -0.466 e. The zero-order valence-electron chi connectivity index (χ0n) is 12.4. The maximum atomic E-state index is 14.0. The normalized spacial score (nSPS) is 27.2. The van der Waals surface area contributed by atoms with E-state index in [9.17, 15) is 32.3 Å². The van der Waals surface area contributed by atoms with Crippen molar-refractivity contribution in [2.75, 3.05) is 6.61 Å². The molecule has 1 aromatic carbocycles. The molecule has 0 aromatic heterocycles. The number of carbonyl (C=O) groups is 2. The van der Waals surface area contributed by atoms with Gasteiger partial charge in [0.1, 0.15) is 11.7 Å². The van der Waals surface area contributed by atoms with E-state index in [4.69, 9.17) is 0 Å². The molecule has 0 bridgehead atoms. The molecule has 2 amide bonds. The highest BCUT2D eigenvalue weighted by Gasteiger charge is 2.67. The fourth-order valence-corrected chi connectivity index (χ4v) is 2.52. The van der Waals surface area contributed by atoms with Gasteiger partial charge in [0.05, 0.1) is 12.6 Å². The van der Waals surface area contributed by atoms with E-state index in [2.05, 4.69) is 4.74 Å². The molecule has 132 valence electrons. The number of carbonyl (C=O) groups excluding carboxylic acids is 2. The number of aliphatic hydroxyl groups is 1. The van der Waals surface area contributed by atoms with Crippen molar-refractivity contribution in [1.82, 2.24) is 10.6 Å². The fourth-order valence-electron chi connectivity index (χ4n) is 2.52. The minimum absolute atomic E-state index is 0.263. The molecule has 24 heavy (non-hydrogen) atoms. The number of rotatable bonds is 3. The quantitative estimate of drug-likeness (QED) is 0.571. The Kier molecular flexibility index (Phi) is 4.70. The van der Waals surface area contributed by atoms with E-state index in [-0.39, 0.29) is 12.2 Å². The molecule has 2 rings (SSSR count). The van der Waals surface area contributed by atoms with Crippen molar-refractivity contribution in [3.8, 4) is 0 Å². The third-order valence-electron chi connectivity index (χ3n) is 3.59. The Hall–Kier alpha value is -2.36. The summed E-state index contributed by atoms with van der Waals surface area (Å²) in [5.41, 5.74) is -4.29. The number of amides is 2. The van der Waals surface area contributed by atoms with Gasteiger partial charge in [0.25, 0.3) is 5.72 Å². The first kappa shape index (κ1) is 18.0. The summed E-state index contributed by atoms with van der Waals surface area (Å²) in [5, 5.41) is 13.4. The van der Waals surface area contributed by atoms with Gasteiger partial charge in [0.2, 0.25) is 0 Å². The van der Waals surface area contributed by atoms with E-state index >= 15 is 0 Å². The lowest BCUT2D eigenvalue weighted by Crippen LogP contribution is -2.73. The van der Waals surface area contributed by atoms with Gasteiger partial charge in [-0.1, -0.05) is 18.2 Å². The van der Waals surface area contributed by atoms with Crippen LogP contribution in [0.3, 0.4) is 0 Å². The number of hydrogen-bond donors (Lipinski definition) is 3. The lowest BCUT2D eigenvalue weighted by molar-refractivity contribution is -0.294. The van der Waals surface area contributed by atoms with Crippen molar-refractivity contribution in [3.63, 3.8) is 0 Å². The fraction of sp³-hybridized carbons (Fsp3) is 0.429. The standard InChI is InChI=1S/C14H14F4N2O4/c1-2-24-11(21)9-10(7-5-3-4-6-8(7)15)19-12(22)20-13(9,23)14(16,17)18/h3-6,9-10,23H,2H2,1H3,(H2,19,20,22)/t9-,10-,13+/m0/s1. The SMILES string of the molecule is CCOC(=O)[C@@H]1[C@H](c2ccccc2F)NC(=O)N[C@]1(O)C(F)(F)F. The average Bonchev–Trinajstić information content (AvgIpc) is 2.45. The molecule has 0 radical (unpaired) electrons. The molecule has 10 heteroatoms. The van der Waals surface area contributed by atoms with Crippen LogP contribution in [0.25, 0.3) is 0 Å². The second kappa shape index (κ2) is 6.27. The number of esters is 1. The summed E-state index contributed by atoms with van der Waals surface area (Å²) in [6, 6.07) is 1.50. The number of urea groups is 1. The molecular formula is C14H14F4N2O4. The average molecular weight is 350 g/mol. The van der Waals surface area contributed by atoms with Crippen LogP contribution in [0.1, 0.15) is 18.5 Å². The molecule has 1 aliphatic rings. The largest absolute Gasteiger partial charge is 0.466 e. The second-order valence-electron chi connectivity index (χ2n) is 5.09.